The Morgan fingerprint density at radius 3 is 2.54 bits per heavy atom. The van der Waals surface area contributed by atoms with Crippen LogP contribution >= 0.6 is 0 Å². The van der Waals surface area contributed by atoms with Crippen LogP contribution in [0.1, 0.15) is 57.9 Å². The van der Waals surface area contributed by atoms with E-state index in [2.05, 4.69) is 38.3 Å². The average Bonchev–Trinajstić information content (AvgIpc) is 3.55. The van der Waals surface area contributed by atoms with E-state index in [4.69, 9.17) is 4.98 Å². The van der Waals surface area contributed by atoms with Crippen molar-refractivity contribution in [1.29, 1.82) is 0 Å². The van der Waals surface area contributed by atoms with E-state index in [1.54, 1.807) is 36.8 Å². The molecule has 2 aromatic carbocycles. The number of carbonyl (C=O) groups excluding carboxylic acids is 4. The van der Waals surface area contributed by atoms with E-state index in [-0.39, 0.29) is 24.0 Å². The van der Waals surface area contributed by atoms with Crippen LogP contribution in [-0.4, -0.2) is 67.5 Å². The van der Waals surface area contributed by atoms with Crippen LogP contribution in [-0.2, 0) is 9.59 Å². The highest BCUT2D eigenvalue weighted by Gasteiger charge is 2.44. The van der Waals surface area contributed by atoms with Crippen LogP contribution < -0.4 is 16.1 Å². The Hall–Kier alpha value is -4.97. The Labute approximate surface area is 234 Å². The Morgan fingerprint density at radius 2 is 1.71 bits per heavy atom. The number of hydrogen-bond acceptors (Lipinski definition) is 9. The first kappa shape index (κ1) is 25.0. The Kier molecular flexibility index (Phi) is 6.04. The molecule has 12 nitrogen and oxygen atoms in total. The molecule has 12 heteroatoms. The Balaban J connectivity index is 1.10. The average molecular weight is 551 g/mol. The number of piperidine rings is 2. The third kappa shape index (κ3) is 4.51. The third-order valence-corrected chi connectivity index (χ3v) is 7.94. The van der Waals surface area contributed by atoms with E-state index < -0.39 is 29.7 Å². The maximum absolute atomic E-state index is 13.1. The quantitative estimate of drug-likeness (QED) is 0.318. The molecule has 4 aromatic rings. The highest BCUT2D eigenvalue weighted by atomic mass is 16.2. The summed E-state index contributed by atoms with van der Waals surface area (Å²) in [5.74, 6) is -1.66. The van der Waals surface area contributed by atoms with Crippen molar-refractivity contribution in [2.75, 3.05) is 18.5 Å². The lowest BCUT2D eigenvalue weighted by Crippen LogP contribution is -2.54. The van der Waals surface area contributed by atoms with Crippen molar-refractivity contribution in [3.63, 3.8) is 0 Å². The van der Waals surface area contributed by atoms with Gasteiger partial charge in [-0.2, -0.15) is 9.89 Å². The summed E-state index contributed by atoms with van der Waals surface area (Å²) >= 11 is 0. The zero-order chi connectivity index (χ0) is 28.1. The molecule has 4 amide bonds. The minimum Gasteiger partial charge on any atom is -0.317 e. The zero-order valence-corrected chi connectivity index (χ0v) is 22.0. The van der Waals surface area contributed by atoms with Crippen molar-refractivity contribution in [2.45, 2.75) is 37.6 Å². The molecule has 206 valence electrons. The van der Waals surface area contributed by atoms with Crippen LogP contribution in [0.25, 0.3) is 22.3 Å². The fraction of sp³-hybridized carbons (Fsp3) is 0.276. The van der Waals surface area contributed by atoms with Crippen molar-refractivity contribution in [1.82, 2.24) is 35.4 Å². The summed E-state index contributed by atoms with van der Waals surface area (Å²) in [6.45, 7) is 2.04. The molecule has 0 spiro atoms. The fourth-order valence-corrected chi connectivity index (χ4v) is 5.77. The molecule has 3 N–H and O–H groups in total. The summed E-state index contributed by atoms with van der Waals surface area (Å²) in [4.78, 5) is 61.8. The van der Waals surface area contributed by atoms with Gasteiger partial charge in [-0.15, -0.1) is 0 Å². The van der Waals surface area contributed by atoms with Crippen molar-refractivity contribution in [3.05, 3.63) is 71.7 Å². The first-order chi connectivity index (χ1) is 19.9. The van der Waals surface area contributed by atoms with Gasteiger partial charge in [0, 0.05) is 12.0 Å². The Bertz CT molecular complexity index is 1740. The van der Waals surface area contributed by atoms with Crippen molar-refractivity contribution >= 4 is 40.3 Å². The molecule has 41 heavy (non-hydrogen) atoms. The summed E-state index contributed by atoms with van der Waals surface area (Å²) in [5, 5.41) is 9.98. The number of hydrogen-bond donors (Lipinski definition) is 3. The molecule has 2 saturated heterocycles. The fourth-order valence-electron chi connectivity index (χ4n) is 5.77. The monoisotopic (exact) mass is 550 g/mol. The molecule has 1 atom stereocenters. The number of aromatic nitrogens is 4. The molecule has 0 saturated carbocycles. The summed E-state index contributed by atoms with van der Waals surface area (Å²) in [5.41, 5.74) is 8.42. The molecule has 0 radical (unpaired) electrons. The number of imide groups is 2. The molecule has 2 aromatic heterocycles. The predicted octanol–water partition coefficient (Wildman–Crippen LogP) is 2.24. The standard InChI is InChI=1S/C29H26N8O4/c38-26-6-5-25(27(39)34-26)37-28(40)20-3-2-19(12-21(20)29(37)41)35-36-15-18(13-32-36)24-14-31-22-4-1-17(11-23(22)33-24)16-7-9-30-10-8-16/h1-4,11-16,25,30,35H,5-10H2,(H,34,38,39). The maximum atomic E-state index is 13.1. The van der Waals surface area contributed by atoms with E-state index in [0.717, 1.165) is 47.4 Å². The molecular formula is C29H26N8O4. The van der Waals surface area contributed by atoms with E-state index >= 15 is 0 Å². The predicted molar refractivity (Wildman–Crippen MR) is 148 cm³/mol. The lowest BCUT2D eigenvalue weighted by molar-refractivity contribution is -0.136. The molecule has 0 aliphatic carbocycles. The van der Waals surface area contributed by atoms with Gasteiger partial charge in [-0.3, -0.25) is 39.8 Å². The van der Waals surface area contributed by atoms with Crippen LogP contribution in [0, 0.1) is 0 Å². The molecule has 3 aliphatic rings. The summed E-state index contributed by atoms with van der Waals surface area (Å²) < 4.78 is 0. The van der Waals surface area contributed by atoms with Crippen molar-refractivity contribution in [3.8, 4) is 11.3 Å². The number of benzene rings is 2. The topological polar surface area (TPSA) is 151 Å². The van der Waals surface area contributed by atoms with Crippen molar-refractivity contribution < 1.29 is 19.2 Å². The molecule has 0 bridgehead atoms. The second-order valence-corrected chi connectivity index (χ2v) is 10.5. The molecule has 5 heterocycles. The van der Waals surface area contributed by atoms with Crippen LogP contribution in [0.3, 0.4) is 0 Å². The summed E-state index contributed by atoms with van der Waals surface area (Å²) in [6, 6.07) is 10.1. The van der Waals surface area contributed by atoms with Gasteiger partial charge in [-0.25, -0.2) is 4.98 Å². The lowest BCUT2D eigenvalue weighted by Gasteiger charge is -2.27. The SMILES string of the molecule is O=C1CCC(N2C(=O)c3ccc(Nn4cc(-c5cnc6ccc(C7CCNCC7)cc6n5)cn4)cc3C2=O)C(=O)N1. The van der Waals surface area contributed by atoms with Gasteiger partial charge in [0.15, 0.2) is 0 Å². The van der Waals surface area contributed by atoms with Crippen LogP contribution in [0.2, 0.25) is 0 Å². The van der Waals surface area contributed by atoms with E-state index in [0.29, 0.717) is 17.3 Å². The van der Waals surface area contributed by atoms with Gasteiger partial charge >= 0.3 is 0 Å². The summed E-state index contributed by atoms with van der Waals surface area (Å²) in [6.07, 6.45) is 7.54. The second-order valence-electron chi connectivity index (χ2n) is 10.5. The number of amides is 4. The van der Waals surface area contributed by atoms with Gasteiger partial charge < -0.3 is 5.32 Å². The minimum absolute atomic E-state index is 0.0687. The summed E-state index contributed by atoms with van der Waals surface area (Å²) in [7, 11) is 0. The van der Waals surface area contributed by atoms with Gasteiger partial charge in [0.25, 0.3) is 11.8 Å². The molecular weight excluding hydrogens is 524 g/mol. The third-order valence-electron chi connectivity index (χ3n) is 7.94. The number of anilines is 1. The van der Waals surface area contributed by atoms with Crippen LogP contribution in [0.15, 0.2) is 55.0 Å². The molecule has 3 aliphatic heterocycles. The van der Waals surface area contributed by atoms with Gasteiger partial charge in [-0.1, -0.05) is 6.07 Å². The van der Waals surface area contributed by atoms with Gasteiger partial charge in [0.05, 0.1) is 52.1 Å². The number of nitrogens with one attached hydrogen (secondary N) is 3. The highest BCUT2D eigenvalue weighted by molar-refractivity contribution is 6.23. The zero-order valence-electron chi connectivity index (χ0n) is 22.0. The highest BCUT2D eigenvalue weighted by Crippen LogP contribution is 2.30. The van der Waals surface area contributed by atoms with Gasteiger partial charge in [0.1, 0.15) is 6.04 Å². The number of rotatable bonds is 5. The number of fused-ring (bicyclic) bond motifs is 2. The smallest absolute Gasteiger partial charge is 0.262 e. The maximum Gasteiger partial charge on any atom is 0.262 e. The van der Waals surface area contributed by atoms with Crippen LogP contribution in [0.5, 0.6) is 0 Å². The van der Waals surface area contributed by atoms with Gasteiger partial charge in [0.2, 0.25) is 11.8 Å². The van der Waals surface area contributed by atoms with Crippen LogP contribution in [0.4, 0.5) is 5.69 Å². The van der Waals surface area contributed by atoms with E-state index in [1.807, 2.05) is 6.07 Å². The lowest BCUT2D eigenvalue weighted by atomic mass is 9.90. The van der Waals surface area contributed by atoms with E-state index in [1.165, 1.54) is 10.4 Å². The molecule has 2 fully saturated rings. The first-order valence-electron chi connectivity index (χ1n) is 13.6. The molecule has 1 unspecified atom stereocenters. The van der Waals surface area contributed by atoms with Gasteiger partial charge in [-0.05, 0) is 74.2 Å². The van der Waals surface area contributed by atoms with Crippen molar-refractivity contribution in [2.24, 2.45) is 0 Å². The second kappa shape index (κ2) is 9.89. The normalized spacial score (nSPS) is 19.5. The molecule has 7 rings (SSSR count). The first-order valence-corrected chi connectivity index (χ1v) is 13.6. The minimum atomic E-state index is -1.01. The Morgan fingerprint density at radius 1 is 0.878 bits per heavy atom. The number of nitrogens with zero attached hydrogens (tertiary/aromatic N) is 5. The largest absolute Gasteiger partial charge is 0.317 e. The number of carbonyl (C=O) groups is 4. The van der Waals surface area contributed by atoms with E-state index in [9.17, 15) is 19.2 Å².